The van der Waals surface area contributed by atoms with Crippen LogP contribution in [0.15, 0.2) is 0 Å². The van der Waals surface area contributed by atoms with Gasteiger partial charge in [-0.15, -0.1) is 0 Å². The van der Waals surface area contributed by atoms with Crippen LogP contribution in [0.5, 0.6) is 0 Å². The molecule has 2 aliphatic rings. The summed E-state index contributed by atoms with van der Waals surface area (Å²) in [5, 5.41) is 3.62. The number of likely N-dealkylation sites (N-methyl/N-ethyl adjacent to an activating group) is 1. The molecule has 3 unspecified atom stereocenters. The molecule has 0 aromatic rings. The van der Waals surface area contributed by atoms with Gasteiger partial charge in [-0.1, -0.05) is 40.5 Å². The van der Waals surface area contributed by atoms with Gasteiger partial charge in [0.1, 0.15) is 0 Å². The first-order chi connectivity index (χ1) is 9.95. The second-order valence-electron chi connectivity index (χ2n) is 8.61. The van der Waals surface area contributed by atoms with Crippen molar-refractivity contribution in [2.24, 2.45) is 17.3 Å². The highest BCUT2D eigenvalue weighted by atomic mass is 15.2. The quantitative estimate of drug-likeness (QED) is 0.831. The zero-order valence-electron chi connectivity index (χ0n) is 15.1. The topological polar surface area (TPSA) is 15.3 Å². The van der Waals surface area contributed by atoms with Crippen LogP contribution in [-0.2, 0) is 0 Å². The maximum absolute atomic E-state index is 3.62. The third kappa shape index (κ3) is 4.45. The van der Waals surface area contributed by atoms with Crippen LogP contribution in [0, 0.1) is 17.3 Å². The predicted molar refractivity (Wildman–Crippen MR) is 92.6 cm³/mol. The van der Waals surface area contributed by atoms with E-state index in [0.29, 0.717) is 11.5 Å². The molecule has 0 aromatic heterocycles. The molecular weight excluding hydrogens is 256 g/mol. The van der Waals surface area contributed by atoms with Crippen molar-refractivity contribution in [3.05, 3.63) is 0 Å². The Morgan fingerprint density at radius 1 is 1.05 bits per heavy atom. The minimum atomic E-state index is 0.470. The molecule has 124 valence electrons. The summed E-state index contributed by atoms with van der Waals surface area (Å²) >= 11 is 0. The SMILES string of the molecule is CCCC1CCN(C2CC(C(C)(C)C)CCC2NC)CC1. The van der Waals surface area contributed by atoms with E-state index in [2.05, 4.69) is 45.0 Å². The molecule has 2 fully saturated rings. The summed E-state index contributed by atoms with van der Waals surface area (Å²) in [7, 11) is 2.17. The molecule has 2 rings (SSSR count). The number of likely N-dealkylation sites (tertiary alicyclic amines) is 1. The maximum Gasteiger partial charge on any atom is 0.0252 e. The Hall–Kier alpha value is -0.0800. The second-order valence-corrected chi connectivity index (χ2v) is 8.61. The van der Waals surface area contributed by atoms with Crippen molar-refractivity contribution in [1.82, 2.24) is 10.2 Å². The molecule has 2 heteroatoms. The highest BCUT2D eigenvalue weighted by molar-refractivity contribution is 4.94. The van der Waals surface area contributed by atoms with Crippen molar-refractivity contribution < 1.29 is 0 Å². The molecule has 0 amide bonds. The summed E-state index contributed by atoms with van der Waals surface area (Å²) in [4.78, 5) is 2.82. The van der Waals surface area contributed by atoms with Crippen LogP contribution in [0.1, 0.15) is 72.6 Å². The lowest BCUT2D eigenvalue weighted by atomic mass is 9.69. The fourth-order valence-electron chi connectivity index (χ4n) is 4.66. The largest absolute Gasteiger partial charge is 0.315 e. The summed E-state index contributed by atoms with van der Waals surface area (Å²) in [6.07, 6.45) is 9.82. The Balaban J connectivity index is 1.95. The lowest BCUT2D eigenvalue weighted by Gasteiger charge is -2.48. The average molecular weight is 295 g/mol. The summed E-state index contributed by atoms with van der Waals surface area (Å²) in [6, 6.07) is 1.49. The van der Waals surface area contributed by atoms with E-state index < -0.39 is 0 Å². The van der Waals surface area contributed by atoms with Crippen molar-refractivity contribution in [2.45, 2.75) is 84.7 Å². The Morgan fingerprint density at radius 3 is 2.24 bits per heavy atom. The molecule has 0 radical (unpaired) electrons. The number of hydrogen-bond donors (Lipinski definition) is 1. The van der Waals surface area contributed by atoms with Crippen molar-refractivity contribution >= 4 is 0 Å². The molecule has 1 aliphatic heterocycles. The van der Waals surface area contributed by atoms with Crippen molar-refractivity contribution in [2.75, 3.05) is 20.1 Å². The van der Waals surface area contributed by atoms with Crippen LogP contribution in [-0.4, -0.2) is 37.1 Å². The minimum absolute atomic E-state index is 0.470. The van der Waals surface area contributed by atoms with Gasteiger partial charge in [0.2, 0.25) is 0 Å². The van der Waals surface area contributed by atoms with Crippen molar-refractivity contribution in [1.29, 1.82) is 0 Å². The standard InChI is InChI=1S/C19H38N2/c1-6-7-15-10-12-21(13-11-15)18-14-16(19(2,3)4)8-9-17(18)20-5/h15-18,20H,6-14H2,1-5H3. The second kappa shape index (κ2) is 7.46. The third-order valence-electron chi connectivity index (χ3n) is 6.23. The van der Waals surface area contributed by atoms with Crippen molar-refractivity contribution in [3.63, 3.8) is 0 Å². The summed E-state index contributed by atoms with van der Waals surface area (Å²) in [5.41, 5.74) is 0.470. The van der Waals surface area contributed by atoms with E-state index in [0.717, 1.165) is 17.9 Å². The van der Waals surface area contributed by atoms with E-state index in [1.165, 1.54) is 58.0 Å². The maximum atomic E-state index is 3.62. The zero-order chi connectivity index (χ0) is 15.5. The van der Waals surface area contributed by atoms with Gasteiger partial charge in [0.05, 0.1) is 0 Å². The van der Waals surface area contributed by atoms with E-state index in [-0.39, 0.29) is 0 Å². The van der Waals surface area contributed by atoms with Crippen LogP contribution in [0.3, 0.4) is 0 Å². The third-order valence-corrected chi connectivity index (χ3v) is 6.23. The van der Waals surface area contributed by atoms with Gasteiger partial charge < -0.3 is 5.32 Å². The van der Waals surface area contributed by atoms with Crippen LogP contribution in [0.25, 0.3) is 0 Å². The Morgan fingerprint density at radius 2 is 1.71 bits per heavy atom. The van der Waals surface area contributed by atoms with Gasteiger partial charge >= 0.3 is 0 Å². The highest BCUT2D eigenvalue weighted by Crippen LogP contribution is 2.40. The fraction of sp³-hybridized carbons (Fsp3) is 1.00. The average Bonchev–Trinajstić information content (AvgIpc) is 2.47. The Kier molecular flexibility index (Phi) is 6.14. The van der Waals surface area contributed by atoms with E-state index >= 15 is 0 Å². The molecule has 1 saturated heterocycles. The van der Waals surface area contributed by atoms with Gasteiger partial charge in [0.15, 0.2) is 0 Å². The number of nitrogens with zero attached hydrogens (tertiary/aromatic N) is 1. The van der Waals surface area contributed by atoms with Crippen LogP contribution in [0.4, 0.5) is 0 Å². The first-order valence-electron chi connectivity index (χ1n) is 9.37. The molecule has 2 nitrogen and oxygen atoms in total. The first kappa shape index (κ1) is 17.3. The van der Waals surface area contributed by atoms with Crippen LogP contribution < -0.4 is 5.32 Å². The molecule has 21 heavy (non-hydrogen) atoms. The monoisotopic (exact) mass is 294 g/mol. The van der Waals surface area contributed by atoms with Gasteiger partial charge in [-0.2, -0.15) is 0 Å². The minimum Gasteiger partial charge on any atom is -0.315 e. The molecule has 0 spiro atoms. The summed E-state index contributed by atoms with van der Waals surface area (Å²) < 4.78 is 0. The van der Waals surface area contributed by atoms with Crippen LogP contribution in [0.2, 0.25) is 0 Å². The van der Waals surface area contributed by atoms with Gasteiger partial charge in [-0.25, -0.2) is 0 Å². The Bertz CT molecular complexity index is 299. The number of rotatable bonds is 4. The number of nitrogens with one attached hydrogen (secondary N) is 1. The van der Waals surface area contributed by atoms with Gasteiger partial charge in [-0.3, -0.25) is 4.90 Å². The molecular formula is C19H38N2. The van der Waals surface area contributed by atoms with E-state index in [1.807, 2.05) is 0 Å². The molecule has 3 atom stereocenters. The zero-order valence-corrected chi connectivity index (χ0v) is 15.1. The van der Waals surface area contributed by atoms with Crippen LogP contribution >= 0.6 is 0 Å². The molecule has 0 bridgehead atoms. The lowest BCUT2D eigenvalue weighted by molar-refractivity contribution is 0.0387. The summed E-state index contributed by atoms with van der Waals surface area (Å²) in [5.74, 6) is 1.89. The normalized spacial score (nSPS) is 33.3. The number of hydrogen-bond acceptors (Lipinski definition) is 2. The van der Waals surface area contributed by atoms with Gasteiger partial charge in [-0.05, 0) is 69.5 Å². The van der Waals surface area contributed by atoms with Gasteiger partial charge in [0.25, 0.3) is 0 Å². The van der Waals surface area contributed by atoms with Crippen molar-refractivity contribution in [3.8, 4) is 0 Å². The summed E-state index contributed by atoms with van der Waals surface area (Å²) in [6.45, 7) is 12.3. The van der Waals surface area contributed by atoms with E-state index in [1.54, 1.807) is 0 Å². The molecule has 1 heterocycles. The van der Waals surface area contributed by atoms with Gasteiger partial charge in [0, 0.05) is 12.1 Å². The molecule has 1 saturated carbocycles. The fourth-order valence-corrected chi connectivity index (χ4v) is 4.66. The Labute approximate surface area is 133 Å². The molecule has 0 aromatic carbocycles. The predicted octanol–water partition coefficient (Wildman–Crippen LogP) is 4.30. The molecule has 1 aliphatic carbocycles. The first-order valence-corrected chi connectivity index (χ1v) is 9.37. The molecule has 1 N–H and O–H groups in total. The number of piperidine rings is 1. The lowest BCUT2D eigenvalue weighted by Crippen LogP contribution is -2.55. The van der Waals surface area contributed by atoms with E-state index in [9.17, 15) is 0 Å². The highest BCUT2D eigenvalue weighted by Gasteiger charge is 2.38. The van der Waals surface area contributed by atoms with E-state index in [4.69, 9.17) is 0 Å². The smallest absolute Gasteiger partial charge is 0.0252 e.